The average molecular weight is 281 g/mol. The summed E-state index contributed by atoms with van der Waals surface area (Å²) in [6.07, 6.45) is -4.51. The molecule has 3 nitrogen and oxygen atoms in total. The van der Waals surface area contributed by atoms with Crippen LogP contribution in [-0.2, 0) is 9.53 Å². The lowest BCUT2D eigenvalue weighted by atomic mass is 9.65. The summed E-state index contributed by atoms with van der Waals surface area (Å²) in [4.78, 5) is 12.3. The molecule has 19 heavy (non-hydrogen) atoms. The molecule has 1 aliphatic rings. The summed E-state index contributed by atoms with van der Waals surface area (Å²) in [6.45, 7) is 6.77. The predicted molar refractivity (Wildman–Crippen MR) is 65.6 cm³/mol. The Labute approximate surface area is 111 Å². The second-order valence-electron chi connectivity index (χ2n) is 6.11. The second-order valence-corrected chi connectivity index (χ2v) is 6.11. The van der Waals surface area contributed by atoms with Gasteiger partial charge < -0.3 is 10.1 Å². The van der Waals surface area contributed by atoms with E-state index in [4.69, 9.17) is 4.74 Å². The van der Waals surface area contributed by atoms with Crippen molar-refractivity contribution in [2.45, 2.75) is 46.2 Å². The van der Waals surface area contributed by atoms with Gasteiger partial charge in [0.1, 0.15) is 0 Å². The lowest BCUT2D eigenvalue weighted by molar-refractivity contribution is -0.141. The molecule has 1 fully saturated rings. The highest BCUT2D eigenvalue weighted by atomic mass is 19.4. The van der Waals surface area contributed by atoms with Crippen molar-refractivity contribution in [3.8, 4) is 0 Å². The second kappa shape index (κ2) is 5.69. The van der Waals surface area contributed by atoms with Gasteiger partial charge in [-0.1, -0.05) is 20.8 Å². The van der Waals surface area contributed by atoms with Gasteiger partial charge in [-0.15, -0.1) is 0 Å². The molecule has 1 heterocycles. The Morgan fingerprint density at radius 2 is 1.95 bits per heavy atom. The molecule has 6 heteroatoms. The quantitative estimate of drug-likeness (QED) is 0.805. The number of hydrogen-bond donors (Lipinski definition) is 1. The number of carbonyl (C=O) groups is 1. The number of alkyl halides is 3. The number of halogens is 3. The third-order valence-corrected chi connectivity index (χ3v) is 3.81. The summed E-state index contributed by atoms with van der Waals surface area (Å²) < 4.78 is 41.4. The van der Waals surface area contributed by atoms with E-state index in [0.717, 1.165) is 0 Å². The monoisotopic (exact) mass is 281 g/mol. The van der Waals surface area contributed by atoms with E-state index in [1.807, 2.05) is 20.8 Å². The molecule has 0 bridgehead atoms. The van der Waals surface area contributed by atoms with Crippen molar-refractivity contribution in [3.05, 3.63) is 0 Å². The maximum Gasteiger partial charge on any atom is 0.389 e. The summed E-state index contributed by atoms with van der Waals surface area (Å²) in [5.74, 6) is -0.195. The summed E-state index contributed by atoms with van der Waals surface area (Å²) in [6, 6.07) is 0. The molecule has 1 N–H and O–H groups in total. The summed E-state index contributed by atoms with van der Waals surface area (Å²) in [7, 11) is 0. The van der Waals surface area contributed by atoms with Gasteiger partial charge in [0, 0.05) is 19.6 Å². The Bertz CT molecular complexity index is 315. The number of rotatable bonds is 4. The highest BCUT2D eigenvalue weighted by molar-refractivity contribution is 5.83. The van der Waals surface area contributed by atoms with Crippen LogP contribution in [0.25, 0.3) is 0 Å². The zero-order valence-electron chi connectivity index (χ0n) is 11.7. The number of carbonyl (C=O) groups excluding carboxylic acids is 1. The van der Waals surface area contributed by atoms with E-state index in [1.165, 1.54) is 0 Å². The molecule has 1 aliphatic heterocycles. The zero-order valence-corrected chi connectivity index (χ0v) is 11.7. The van der Waals surface area contributed by atoms with Gasteiger partial charge in [0.2, 0.25) is 5.91 Å². The fourth-order valence-corrected chi connectivity index (χ4v) is 2.34. The van der Waals surface area contributed by atoms with Crippen LogP contribution in [0, 0.1) is 10.8 Å². The van der Waals surface area contributed by atoms with Crippen molar-refractivity contribution in [2.75, 3.05) is 19.8 Å². The highest BCUT2D eigenvalue weighted by Crippen LogP contribution is 2.45. The molecule has 0 aromatic heterocycles. The molecule has 1 unspecified atom stereocenters. The maximum absolute atomic E-state index is 12.3. The summed E-state index contributed by atoms with van der Waals surface area (Å²) >= 11 is 0. The lowest BCUT2D eigenvalue weighted by Gasteiger charge is -2.39. The van der Waals surface area contributed by atoms with Crippen molar-refractivity contribution in [1.82, 2.24) is 5.32 Å². The summed E-state index contributed by atoms with van der Waals surface area (Å²) in [5, 5.41) is 2.63. The Morgan fingerprint density at radius 3 is 2.37 bits per heavy atom. The van der Waals surface area contributed by atoms with Crippen LogP contribution < -0.4 is 5.32 Å². The molecule has 0 aromatic rings. The van der Waals surface area contributed by atoms with E-state index in [1.54, 1.807) is 0 Å². The van der Waals surface area contributed by atoms with E-state index in [0.29, 0.717) is 19.6 Å². The van der Waals surface area contributed by atoms with Gasteiger partial charge in [-0.2, -0.15) is 13.2 Å². The molecule has 0 saturated carbocycles. The minimum atomic E-state index is -4.16. The minimum Gasteiger partial charge on any atom is -0.380 e. The van der Waals surface area contributed by atoms with Crippen LogP contribution in [0.3, 0.4) is 0 Å². The normalized spacial score (nSPS) is 24.5. The lowest BCUT2D eigenvalue weighted by Crippen LogP contribution is -2.50. The van der Waals surface area contributed by atoms with E-state index < -0.39 is 18.0 Å². The minimum absolute atomic E-state index is 0.0518. The van der Waals surface area contributed by atoms with Crippen molar-refractivity contribution in [2.24, 2.45) is 10.8 Å². The van der Waals surface area contributed by atoms with Crippen molar-refractivity contribution < 1.29 is 22.7 Å². The van der Waals surface area contributed by atoms with Gasteiger partial charge in [0.15, 0.2) is 0 Å². The Balaban J connectivity index is 2.51. The fourth-order valence-electron chi connectivity index (χ4n) is 2.34. The molecule has 0 spiro atoms. The Morgan fingerprint density at radius 1 is 1.32 bits per heavy atom. The smallest absolute Gasteiger partial charge is 0.380 e. The molecular weight excluding hydrogens is 259 g/mol. The van der Waals surface area contributed by atoms with E-state index in [9.17, 15) is 18.0 Å². The SMILES string of the molecule is CC(C)(C)C1(C(=O)NCCCC(F)(F)F)CCOC1. The number of hydrogen-bond acceptors (Lipinski definition) is 2. The van der Waals surface area contributed by atoms with E-state index in [2.05, 4.69) is 5.32 Å². The molecule has 1 rings (SSSR count). The molecular formula is C13H22F3NO2. The fraction of sp³-hybridized carbons (Fsp3) is 0.923. The van der Waals surface area contributed by atoms with Gasteiger partial charge >= 0.3 is 6.18 Å². The molecule has 0 radical (unpaired) electrons. The molecule has 0 aliphatic carbocycles. The first-order chi connectivity index (χ1) is 8.58. The average Bonchev–Trinajstić information content (AvgIpc) is 2.72. The molecule has 1 saturated heterocycles. The van der Waals surface area contributed by atoms with Crippen molar-refractivity contribution >= 4 is 5.91 Å². The first-order valence-corrected chi connectivity index (χ1v) is 6.51. The maximum atomic E-state index is 12.3. The van der Waals surface area contributed by atoms with Crippen LogP contribution >= 0.6 is 0 Å². The van der Waals surface area contributed by atoms with E-state index in [-0.39, 0.29) is 24.3 Å². The van der Waals surface area contributed by atoms with Crippen LogP contribution in [0.15, 0.2) is 0 Å². The molecule has 0 aromatic carbocycles. The first kappa shape index (κ1) is 16.3. The van der Waals surface area contributed by atoms with Crippen molar-refractivity contribution in [1.29, 1.82) is 0 Å². The number of nitrogens with one attached hydrogen (secondary N) is 1. The van der Waals surface area contributed by atoms with Crippen LogP contribution in [0.5, 0.6) is 0 Å². The van der Waals surface area contributed by atoms with Crippen molar-refractivity contribution in [3.63, 3.8) is 0 Å². The zero-order chi connectivity index (χ0) is 14.7. The van der Waals surface area contributed by atoms with Gasteiger partial charge in [-0.3, -0.25) is 4.79 Å². The number of amides is 1. The van der Waals surface area contributed by atoms with Crippen LogP contribution in [0.4, 0.5) is 13.2 Å². The Hall–Kier alpha value is -0.780. The molecule has 112 valence electrons. The number of ether oxygens (including phenoxy) is 1. The summed E-state index contributed by atoms with van der Waals surface area (Å²) in [5.41, 5.74) is -0.914. The van der Waals surface area contributed by atoms with Crippen LogP contribution in [0.2, 0.25) is 0 Å². The first-order valence-electron chi connectivity index (χ1n) is 6.51. The predicted octanol–water partition coefficient (Wildman–Crippen LogP) is 2.90. The molecule has 1 amide bonds. The van der Waals surface area contributed by atoms with Crippen LogP contribution in [0.1, 0.15) is 40.0 Å². The third-order valence-electron chi connectivity index (χ3n) is 3.81. The molecule has 1 atom stereocenters. The third kappa shape index (κ3) is 4.09. The van der Waals surface area contributed by atoms with E-state index >= 15 is 0 Å². The highest BCUT2D eigenvalue weighted by Gasteiger charge is 2.50. The topological polar surface area (TPSA) is 38.3 Å². The largest absolute Gasteiger partial charge is 0.389 e. The van der Waals surface area contributed by atoms with Gasteiger partial charge in [0.25, 0.3) is 0 Å². The standard InChI is InChI=1S/C13H22F3NO2/c1-11(2,3)12(6-8-19-9-12)10(18)17-7-4-5-13(14,15)16/h4-9H2,1-3H3,(H,17,18). The van der Waals surface area contributed by atoms with Gasteiger partial charge in [-0.05, 0) is 18.3 Å². The Kier molecular flexibility index (Phi) is 4.87. The van der Waals surface area contributed by atoms with Gasteiger partial charge in [0.05, 0.1) is 12.0 Å². The van der Waals surface area contributed by atoms with Crippen LogP contribution in [-0.4, -0.2) is 31.8 Å². The van der Waals surface area contributed by atoms with Gasteiger partial charge in [-0.25, -0.2) is 0 Å².